The lowest BCUT2D eigenvalue weighted by Crippen LogP contribution is -2.23. The van der Waals surface area contributed by atoms with Gasteiger partial charge in [0, 0.05) is 11.8 Å². The first-order valence-corrected chi connectivity index (χ1v) is 6.06. The SMILES string of the molecule is N#Cc1cccn(Cc2c(F)ccc(Br)c2F)c1=O. The molecule has 0 unspecified atom stereocenters. The number of hydrogen-bond acceptors (Lipinski definition) is 2. The monoisotopic (exact) mass is 324 g/mol. The third-order valence-electron chi connectivity index (χ3n) is 2.61. The fourth-order valence-corrected chi connectivity index (χ4v) is 2.00. The van der Waals surface area contributed by atoms with Gasteiger partial charge in [0.1, 0.15) is 23.3 Å². The van der Waals surface area contributed by atoms with Crippen LogP contribution >= 0.6 is 15.9 Å². The molecule has 6 heteroatoms. The Balaban J connectivity index is 2.52. The third kappa shape index (κ3) is 2.56. The largest absolute Gasteiger partial charge is 0.310 e. The Kier molecular flexibility index (Phi) is 3.76. The summed E-state index contributed by atoms with van der Waals surface area (Å²) in [4.78, 5) is 11.8. The molecule has 19 heavy (non-hydrogen) atoms. The van der Waals surface area contributed by atoms with Gasteiger partial charge in [0.05, 0.1) is 11.0 Å². The highest BCUT2D eigenvalue weighted by Crippen LogP contribution is 2.22. The number of nitriles is 1. The zero-order chi connectivity index (χ0) is 14.0. The molecule has 1 heterocycles. The van der Waals surface area contributed by atoms with Crippen molar-refractivity contribution in [1.29, 1.82) is 5.26 Å². The van der Waals surface area contributed by atoms with Crippen LogP contribution in [0.15, 0.2) is 39.7 Å². The van der Waals surface area contributed by atoms with Gasteiger partial charge in [-0.2, -0.15) is 5.26 Å². The van der Waals surface area contributed by atoms with Crippen molar-refractivity contribution in [2.24, 2.45) is 0 Å². The third-order valence-corrected chi connectivity index (χ3v) is 3.22. The van der Waals surface area contributed by atoms with Crippen LogP contribution in [0.4, 0.5) is 8.78 Å². The molecule has 0 aliphatic heterocycles. The Bertz CT molecular complexity index is 734. The van der Waals surface area contributed by atoms with Crippen molar-refractivity contribution in [3.63, 3.8) is 0 Å². The maximum Gasteiger partial charge on any atom is 0.268 e. The summed E-state index contributed by atoms with van der Waals surface area (Å²) in [5.41, 5.74) is -0.881. The van der Waals surface area contributed by atoms with E-state index in [1.165, 1.54) is 24.4 Å². The summed E-state index contributed by atoms with van der Waals surface area (Å²) in [5, 5.41) is 8.74. The second kappa shape index (κ2) is 5.33. The van der Waals surface area contributed by atoms with Crippen molar-refractivity contribution in [2.75, 3.05) is 0 Å². The van der Waals surface area contributed by atoms with E-state index in [0.717, 1.165) is 10.6 Å². The molecule has 0 aliphatic carbocycles. The summed E-state index contributed by atoms with van der Waals surface area (Å²) in [6.45, 7) is -0.272. The number of halogens is 3. The number of benzene rings is 1. The van der Waals surface area contributed by atoms with E-state index in [2.05, 4.69) is 15.9 Å². The lowest BCUT2D eigenvalue weighted by atomic mass is 10.2. The summed E-state index contributed by atoms with van der Waals surface area (Å²) < 4.78 is 28.6. The Morgan fingerprint density at radius 2 is 2.05 bits per heavy atom. The van der Waals surface area contributed by atoms with Gasteiger partial charge in [-0.3, -0.25) is 4.79 Å². The van der Waals surface area contributed by atoms with Crippen molar-refractivity contribution >= 4 is 15.9 Å². The Morgan fingerprint density at radius 3 is 2.74 bits per heavy atom. The molecule has 0 radical (unpaired) electrons. The minimum absolute atomic E-state index is 0.0710. The molecule has 96 valence electrons. The van der Waals surface area contributed by atoms with E-state index in [1.807, 2.05) is 0 Å². The molecule has 0 saturated heterocycles. The molecule has 0 fully saturated rings. The minimum atomic E-state index is -0.755. The van der Waals surface area contributed by atoms with Crippen LogP contribution in [0.5, 0.6) is 0 Å². The highest BCUT2D eigenvalue weighted by molar-refractivity contribution is 9.10. The summed E-state index contributed by atoms with van der Waals surface area (Å²) in [6.07, 6.45) is 1.38. The first-order valence-electron chi connectivity index (χ1n) is 5.26. The predicted octanol–water partition coefficient (Wildman–Crippen LogP) is 2.81. The van der Waals surface area contributed by atoms with Gasteiger partial charge in [-0.05, 0) is 40.2 Å². The van der Waals surface area contributed by atoms with Gasteiger partial charge in [0.15, 0.2) is 0 Å². The second-order valence-electron chi connectivity index (χ2n) is 3.79. The van der Waals surface area contributed by atoms with E-state index in [0.29, 0.717) is 0 Å². The molecule has 0 spiro atoms. The lowest BCUT2D eigenvalue weighted by Gasteiger charge is -2.09. The summed E-state index contributed by atoms with van der Waals surface area (Å²) >= 11 is 2.96. The average Bonchev–Trinajstić information content (AvgIpc) is 2.41. The van der Waals surface area contributed by atoms with Crippen LogP contribution in [0.25, 0.3) is 0 Å². The molecule has 1 aromatic heterocycles. The summed E-state index contributed by atoms with van der Waals surface area (Å²) in [7, 11) is 0. The van der Waals surface area contributed by atoms with Crippen LogP contribution in [0.1, 0.15) is 11.1 Å². The Labute approximate surface area is 115 Å². The number of nitrogens with zero attached hydrogens (tertiary/aromatic N) is 2. The highest BCUT2D eigenvalue weighted by atomic mass is 79.9. The van der Waals surface area contributed by atoms with Crippen LogP contribution in [0.2, 0.25) is 0 Å². The maximum atomic E-state index is 13.8. The lowest BCUT2D eigenvalue weighted by molar-refractivity contribution is 0.537. The van der Waals surface area contributed by atoms with Crippen LogP contribution in [0.3, 0.4) is 0 Å². The fraction of sp³-hybridized carbons (Fsp3) is 0.0769. The molecular formula is C13H7BrF2N2O. The van der Waals surface area contributed by atoms with Crippen LogP contribution < -0.4 is 5.56 Å². The fourth-order valence-electron chi connectivity index (χ4n) is 1.63. The quantitative estimate of drug-likeness (QED) is 0.797. The van der Waals surface area contributed by atoms with Crippen molar-refractivity contribution < 1.29 is 8.78 Å². The second-order valence-corrected chi connectivity index (χ2v) is 4.64. The van der Waals surface area contributed by atoms with Crippen molar-refractivity contribution in [3.8, 4) is 6.07 Å². The molecule has 1 aromatic carbocycles. The molecule has 0 aliphatic rings. The van der Waals surface area contributed by atoms with Gasteiger partial charge in [-0.1, -0.05) is 0 Å². The van der Waals surface area contributed by atoms with Gasteiger partial charge in [-0.15, -0.1) is 0 Å². The van der Waals surface area contributed by atoms with E-state index in [1.54, 1.807) is 6.07 Å². The van der Waals surface area contributed by atoms with E-state index >= 15 is 0 Å². The van der Waals surface area contributed by atoms with Gasteiger partial charge in [0.2, 0.25) is 0 Å². The molecule has 3 nitrogen and oxygen atoms in total. The smallest absolute Gasteiger partial charge is 0.268 e. The summed E-state index contributed by atoms with van der Waals surface area (Å²) in [6, 6.07) is 6.93. The van der Waals surface area contributed by atoms with Crippen LogP contribution in [-0.2, 0) is 6.54 Å². The number of hydrogen-bond donors (Lipinski definition) is 0. The number of aromatic nitrogens is 1. The minimum Gasteiger partial charge on any atom is -0.310 e. The number of pyridine rings is 1. The zero-order valence-corrected chi connectivity index (χ0v) is 11.1. The van der Waals surface area contributed by atoms with Gasteiger partial charge < -0.3 is 4.57 Å². The zero-order valence-electron chi connectivity index (χ0n) is 9.53. The summed E-state index contributed by atoms with van der Waals surface area (Å²) in [5.74, 6) is -1.50. The topological polar surface area (TPSA) is 45.8 Å². The van der Waals surface area contributed by atoms with Gasteiger partial charge >= 0.3 is 0 Å². The van der Waals surface area contributed by atoms with E-state index in [-0.39, 0.29) is 22.1 Å². The van der Waals surface area contributed by atoms with E-state index < -0.39 is 17.2 Å². The standard InChI is InChI=1S/C13H7BrF2N2O/c14-10-3-4-11(15)9(12(10)16)7-18-5-1-2-8(6-17)13(18)19/h1-5H,7H2. The van der Waals surface area contributed by atoms with Crippen molar-refractivity contribution in [1.82, 2.24) is 4.57 Å². The Morgan fingerprint density at radius 1 is 1.32 bits per heavy atom. The Hall–Kier alpha value is -2.00. The average molecular weight is 325 g/mol. The number of rotatable bonds is 2. The molecule has 0 amide bonds. The molecule has 0 atom stereocenters. The van der Waals surface area contributed by atoms with Gasteiger partial charge in [0.25, 0.3) is 5.56 Å². The van der Waals surface area contributed by atoms with Crippen molar-refractivity contribution in [3.05, 3.63) is 68.1 Å². The van der Waals surface area contributed by atoms with E-state index in [4.69, 9.17) is 5.26 Å². The maximum absolute atomic E-state index is 13.8. The highest BCUT2D eigenvalue weighted by Gasteiger charge is 2.14. The molecule has 2 rings (SSSR count). The molecule has 0 N–H and O–H groups in total. The normalized spacial score (nSPS) is 10.2. The molecule has 2 aromatic rings. The molecular weight excluding hydrogens is 318 g/mol. The van der Waals surface area contributed by atoms with Crippen LogP contribution in [0, 0.1) is 23.0 Å². The van der Waals surface area contributed by atoms with E-state index in [9.17, 15) is 13.6 Å². The first kappa shape index (κ1) is 13.4. The first-order chi connectivity index (χ1) is 9.04. The van der Waals surface area contributed by atoms with Crippen molar-refractivity contribution in [2.45, 2.75) is 6.54 Å². The van der Waals surface area contributed by atoms with Gasteiger partial charge in [-0.25, -0.2) is 8.78 Å². The molecule has 0 bridgehead atoms. The molecule has 0 saturated carbocycles. The predicted molar refractivity (Wildman–Crippen MR) is 68.6 cm³/mol. The van der Waals surface area contributed by atoms with Crippen LogP contribution in [-0.4, -0.2) is 4.57 Å².